The minimum absolute atomic E-state index is 0. The average Bonchev–Trinajstić information content (AvgIpc) is 3.10. The van der Waals surface area contributed by atoms with E-state index in [0.717, 1.165) is 0 Å². The van der Waals surface area contributed by atoms with Gasteiger partial charge in [0.1, 0.15) is 0 Å². The Labute approximate surface area is 180 Å². The standard InChI is InChI=1S/2C10H15Si.2ClH.Zr/c2*1-2-11(8-5-9-11)10-6-3-4-7-10;;;/h2*3,6H,2,4-5,8-9H2,1H3;2*1H;/q;;;;+2/p-2. The maximum absolute atomic E-state index is 2.60. The van der Waals surface area contributed by atoms with Crippen molar-refractivity contribution in [2.45, 2.75) is 75.8 Å². The van der Waals surface area contributed by atoms with Crippen LogP contribution in [-0.2, 0) is 23.2 Å². The second-order valence-electron chi connectivity index (χ2n) is 8.10. The third-order valence-corrected chi connectivity index (χ3v) is 23.5. The molecule has 0 N–H and O–H groups in total. The van der Waals surface area contributed by atoms with Crippen molar-refractivity contribution in [3.8, 4) is 0 Å². The van der Waals surface area contributed by atoms with Crippen LogP contribution in [0.3, 0.4) is 0 Å². The van der Waals surface area contributed by atoms with E-state index >= 15 is 0 Å². The third kappa shape index (κ3) is 3.75. The third-order valence-electron chi connectivity index (χ3n) is 7.28. The van der Waals surface area contributed by atoms with Crippen LogP contribution in [0.2, 0.25) is 36.3 Å². The summed E-state index contributed by atoms with van der Waals surface area (Å²) in [7, 11) is -1.97. The van der Waals surface area contributed by atoms with Crippen molar-refractivity contribution < 1.29 is 48.0 Å². The van der Waals surface area contributed by atoms with E-state index < -0.39 is 39.4 Å². The normalized spacial score (nSPS) is 25.0. The average molecular weight is 489 g/mol. The fourth-order valence-electron chi connectivity index (χ4n) is 5.26. The van der Waals surface area contributed by atoms with Crippen LogP contribution in [0.5, 0.6) is 0 Å². The zero-order valence-corrected chi connectivity index (χ0v) is 21.6. The molecule has 2 aliphatic carbocycles. The topological polar surface area (TPSA) is 0 Å². The molecule has 2 heterocycles. The van der Waals surface area contributed by atoms with E-state index in [1.807, 2.05) is 17.0 Å². The fourth-order valence-corrected chi connectivity index (χ4v) is 21.1. The second-order valence-corrected chi connectivity index (χ2v) is 21.3. The molecule has 0 atom stereocenters. The van der Waals surface area contributed by atoms with Gasteiger partial charge >= 0.3 is 156 Å². The van der Waals surface area contributed by atoms with Crippen molar-refractivity contribution in [2.75, 3.05) is 0 Å². The van der Waals surface area contributed by atoms with E-state index in [-0.39, 0.29) is 24.8 Å². The summed E-state index contributed by atoms with van der Waals surface area (Å²) in [6.07, 6.45) is 16.0. The van der Waals surface area contributed by atoms with Gasteiger partial charge in [0, 0.05) is 0 Å². The smallest absolute Gasteiger partial charge is 1.00 e. The molecule has 0 radical (unpaired) electrons. The Kier molecular flexibility index (Phi) is 7.89. The van der Waals surface area contributed by atoms with E-state index in [2.05, 4.69) is 38.2 Å². The van der Waals surface area contributed by atoms with Crippen molar-refractivity contribution in [1.82, 2.24) is 0 Å². The molecule has 2 aliphatic heterocycles. The van der Waals surface area contributed by atoms with Crippen LogP contribution >= 0.6 is 0 Å². The number of allylic oxidation sites excluding steroid dienone is 8. The van der Waals surface area contributed by atoms with E-state index in [1.165, 1.54) is 37.8 Å². The predicted molar refractivity (Wildman–Crippen MR) is 102 cm³/mol. The largest absolute Gasteiger partial charge is 1.00 e. The van der Waals surface area contributed by atoms with Gasteiger partial charge in [-0.1, -0.05) is 0 Å². The molecule has 25 heavy (non-hydrogen) atoms. The van der Waals surface area contributed by atoms with Gasteiger partial charge in [0.05, 0.1) is 0 Å². The quantitative estimate of drug-likeness (QED) is 0.473. The van der Waals surface area contributed by atoms with Gasteiger partial charge in [-0.2, -0.15) is 0 Å². The first-order chi connectivity index (χ1) is 11.2. The molecule has 136 valence electrons. The summed E-state index contributed by atoms with van der Waals surface area (Å²) in [5.41, 5.74) is 0. The van der Waals surface area contributed by atoms with Gasteiger partial charge < -0.3 is 24.8 Å². The Morgan fingerprint density at radius 1 is 0.760 bits per heavy atom. The molecule has 0 bridgehead atoms. The van der Waals surface area contributed by atoms with Crippen molar-refractivity contribution in [2.24, 2.45) is 0 Å². The fraction of sp³-hybridized carbons (Fsp3) is 0.600. The molecule has 0 amide bonds. The summed E-state index contributed by atoms with van der Waals surface area (Å²) < 4.78 is 4.02. The van der Waals surface area contributed by atoms with Gasteiger partial charge in [0.15, 0.2) is 0 Å². The zero-order chi connectivity index (χ0) is 15.9. The molecule has 0 aromatic carbocycles. The van der Waals surface area contributed by atoms with Gasteiger partial charge in [-0.3, -0.25) is 0 Å². The van der Waals surface area contributed by atoms with Crippen LogP contribution in [0.25, 0.3) is 0 Å². The second kappa shape index (κ2) is 8.91. The summed E-state index contributed by atoms with van der Waals surface area (Å²) in [4.78, 5) is 0. The Morgan fingerprint density at radius 3 is 1.44 bits per heavy atom. The molecule has 2 saturated heterocycles. The van der Waals surface area contributed by atoms with Gasteiger partial charge in [-0.15, -0.1) is 0 Å². The van der Waals surface area contributed by atoms with Crippen LogP contribution in [0.15, 0.2) is 41.3 Å². The molecule has 0 aromatic rings. The molecule has 0 unspecified atom stereocenters. The summed E-state index contributed by atoms with van der Waals surface area (Å²) in [6.45, 7) is 4.98. The number of halogens is 2. The SMILES string of the molecule is CC[Si]1(C2=[C]([Zr+2][C]3=C([Si]4(CC)CCC4)C=CC3)CC=C2)CCC1.[Cl-].[Cl-]. The monoisotopic (exact) mass is 486 g/mol. The van der Waals surface area contributed by atoms with Crippen molar-refractivity contribution in [3.05, 3.63) is 41.3 Å². The first kappa shape index (κ1) is 22.1. The van der Waals surface area contributed by atoms with Gasteiger partial charge in [-0.05, 0) is 0 Å². The van der Waals surface area contributed by atoms with Crippen LogP contribution < -0.4 is 24.8 Å². The zero-order valence-electron chi connectivity index (χ0n) is 15.6. The first-order valence-corrected chi connectivity index (χ1v) is 17.5. The van der Waals surface area contributed by atoms with E-state index in [1.54, 1.807) is 24.2 Å². The Bertz CT molecular complexity index is 561. The molecule has 0 spiro atoms. The molecular weight excluding hydrogens is 459 g/mol. The minimum atomic E-state index is -0.986. The Morgan fingerprint density at radius 2 is 1.16 bits per heavy atom. The van der Waals surface area contributed by atoms with Gasteiger partial charge in [-0.25, -0.2) is 0 Å². The summed E-state index contributed by atoms with van der Waals surface area (Å²) in [6, 6.07) is 9.42. The van der Waals surface area contributed by atoms with Gasteiger partial charge in [0.25, 0.3) is 0 Å². The maximum atomic E-state index is 2.60. The minimum Gasteiger partial charge on any atom is -1.00 e. The van der Waals surface area contributed by atoms with Crippen molar-refractivity contribution in [3.63, 3.8) is 0 Å². The van der Waals surface area contributed by atoms with Crippen LogP contribution in [0, 0.1) is 0 Å². The molecule has 4 aliphatic rings. The number of rotatable bonds is 6. The summed E-state index contributed by atoms with van der Waals surface area (Å²) in [5, 5.41) is 3.94. The van der Waals surface area contributed by atoms with Crippen LogP contribution in [0.4, 0.5) is 0 Å². The molecule has 0 aromatic heterocycles. The Hall–Kier alpha value is 0.857. The van der Waals surface area contributed by atoms with Crippen molar-refractivity contribution in [1.29, 1.82) is 0 Å². The van der Waals surface area contributed by atoms with E-state index in [0.29, 0.717) is 0 Å². The molecule has 4 rings (SSSR count). The van der Waals surface area contributed by atoms with E-state index in [9.17, 15) is 0 Å². The van der Waals surface area contributed by atoms with Crippen LogP contribution in [-0.4, -0.2) is 16.1 Å². The number of hydrogen-bond donors (Lipinski definition) is 0. The molecular formula is C20H30Cl2Si2Zr. The molecule has 5 heteroatoms. The van der Waals surface area contributed by atoms with Crippen LogP contribution in [0.1, 0.15) is 39.5 Å². The molecule has 2 fully saturated rings. The Balaban J connectivity index is 0.00000113. The molecule has 0 nitrogen and oxygen atoms in total. The summed E-state index contributed by atoms with van der Waals surface area (Å²) >= 11 is -0.488. The van der Waals surface area contributed by atoms with Crippen molar-refractivity contribution >= 4 is 16.1 Å². The first-order valence-electron chi connectivity index (χ1n) is 9.80. The number of hydrogen-bond acceptors (Lipinski definition) is 0. The van der Waals surface area contributed by atoms with Gasteiger partial charge in [0.2, 0.25) is 0 Å². The molecule has 0 saturated carbocycles. The summed E-state index contributed by atoms with van der Waals surface area (Å²) in [5.74, 6) is 0. The van der Waals surface area contributed by atoms with E-state index in [4.69, 9.17) is 0 Å². The maximum Gasteiger partial charge on any atom is -1.00 e. The predicted octanol–water partition coefficient (Wildman–Crippen LogP) is 0.328.